The lowest BCUT2D eigenvalue weighted by atomic mass is 9.83. The molecule has 5 heteroatoms. The van der Waals surface area contributed by atoms with Gasteiger partial charge in [0, 0.05) is 57.0 Å². The van der Waals surface area contributed by atoms with Crippen molar-refractivity contribution < 1.29 is 0 Å². The summed E-state index contributed by atoms with van der Waals surface area (Å²) in [7, 11) is 2.27. The third-order valence-electron chi connectivity index (χ3n) is 5.67. The lowest BCUT2D eigenvalue weighted by molar-refractivity contribution is 0.00634. The SMILES string of the molecule is Cc1cnc2n1CCN(C)C21CCN(Cc2cccnc2)CC1. The summed E-state index contributed by atoms with van der Waals surface area (Å²) in [5.74, 6) is 1.28. The van der Waals surface area contributed by atoms with Crippen LogP contribution in [0, 0.1) is 6.92 Å². The van der Waals surface area contributed by atoms with Crippen LogP contribution in [0.15, 0.2) is 30.7 Å². The summed E-state index contributed by atoms with van der Waals surface area (Å²) < 4.78 is 2.43. The largest absolute Gasteiger partial charge is 0.329 e. The Labute approximate surface area is 138 Å². The molecule has 2 aliphatic rings. The highest BCUT2D eigenvalue weighted by Crippen LogP contribution is 2.40. The molecule has 0 unspecified atom stereocenters. The van der Waals surface area contributed by atoms with Gasteiger partial charge in [-0.25, -0.2) is 4.98 Å². The molecule has 4 rings (SSSR count). The number of hydrogen-bond acceptors (Lipinski definition) is 4. The Morgan fingerprint density at radius 3 is 2.70 bits per heavy atom. The van der Waals surface area contributed by atoms with E-state index in [1.54, 1.807) is 0 Å². The lowest BCUT2D eigenvalue weighted by Crippen LogP contribution is -2.56. The number of fused-ring (bicyclic) bond motifs is 2. The molecule has 122 valence electrons. The van der Waals surface area contributed by atoms with Gasteiger partial charge in [0.15, 0.2) is 0 Å². The van der Waals surface area contributed by atoms with Crippen LogP contribution in [0.4, 0.5) is 0 Å². The van der Waals surface area contributed by atoms with Crippen molar-refractivity contribution in [2.45, 2.75) is 38.4 Å². The van der Waals surface area contributed by atoms with Crippen molar-refractivity contribution in [1.82, 2.24) is 24.3 Å². The van der Waals surface area contributed by atoms with E-state index in [0.717, 1.165) is 45.6 Å². The van der Waals surface area contributed by atoms with Crippen LogP contribution in [0.3, 0.4) is 0 Å². The molecule has 4 heterocycles. The number of piperidine rings is 1. The average Bonchev–Trinajstić information content (AvgIpc) is 2.96. The average molecular weight is 311 g/mol. The summed E-state index contributed by atoms with van der Waals surface area (Å²) in [4.78, 5) is 14.1. The highest BCUT2D eigenvalue weighted by Gasteiger charge is 2.45. The van der Waals surface area contributed by atoms with Crippen LogP contribution in [-0.4, -0.2) is 51.0 Å². The van der Waals surface area contributed by atoms with Gasteiger partial charge in [-0.2, -0.15) is 0 Å². The normalized spacial score (nSPS) is 21.5. The van der Waals surface area contributed by atoms with Crippen molar-refractivity contribution in [2.75, 3.05) is 26.7 Å². The van der Waals surface area contributed by atoms with Crippen molar-refractivity contribution in [3.8, 4) is 0 Å². The van der Waals surface area contributed by atoms with Gasteiger partial charge in [0.2, 0.25) is 0 Å². The Morgan fingerprint density at radius 2 is 1.96 bits per heavy atom. The molecule has 0 N–H and O–H groups in total. The molecular weight excluding hydrogens is 286 g/mol. The van der Waals surface area contributed by atoms with Crippen molar-refractivity contribution >= 4 is 0 Å². The van der Waals surface area contributed by atoms with Crippen LogP contribution in [-0.2, 0) is 18.6 Å². The third kappa shape index (κ3) is 2.48. The first-order valence-electron chi connectivity index (χ1n) is 8.54. The molecule has 0 bridgehead atoms. The number of imidazole rings is 1. The Hall–Kier alpha value is -1.72. The number of hydrogen-bond donors (Lipinski definition) is 0. The van der Waals surface area contributed by atoms with Crippen LogP contribution in [0.5, 0.6) is 0 Å². The highest BCUT2D eigenvalue weighted by molar-refractivity contribution is 5.18. The number of rotatable bonds is 2. The predicted molar refractivity (Wildman–Crippen MR) is 90.0 cm³/mol. The van der Waals surface area contributed by atoms with Gasteiger partial charge in [0.1, 0.15) is 5.82 Å². The van der Waals surface area contributed by atoms with Crippen LogP contribution in [0.25, 0.3) is 0 Å². The zero-order chi connectivity index (χ0) is 15.9. The first-order valence-corrected chi connectivity index (χ1v) is 8.54. The molecule has 0 amide bonds. The number of pyridine rings is 1. The van der Waals surface area contributed by atoms with Crippen molar-refractivity contribution in [3.05, 3.63) is 47.8 Å². The van der Waals surface area contributed by atoms with E-state index < -0.39 is 0 Å². The van der Waals surface area contributed by atoms with Gasteiger partial charge < -0.3 is 4.57 Å². The van der Waals surface area contributed by atoms with Crippen LogP contribution in [0.1, 0.15) is 29.9 Å². The molecule has 23 heavy (non-hydrogen) atoms. The predicted octanol–water partition coefficient (Wildman–Crippen LogP) is 2.02. The van der Waals surface area contributed by atoms with Crippen molar-refractivity contribution in [1.29, 1.82) is 0 Å². The van der Waals surface area contributed by atoms with E-state index in [4.69, 9.17) is 4.98 Å². The van der Waals surface area contributed by atoms with E-state index in [9.17, 15) is 0 Å². The minimum absolute atomic E-state index is 0.123. The zero-order valence-electron chi connectivity index (χ0n) is 14.1. The van der Waals surface area contributed by atoms with Gasteiger partial charge in [-0.15, -0.1) is 0 Å². The van der Waals surface area contributed by atoms with Gasteiger partial charge >= 0.3 is 0 Å². The first kappa shape index (κ1) is 14.8. The summed E-state index contributed by atoms with van der Waals surface area (Å²) in [6.45, 7) is 7.59. The van der Waals surface area contributed by atoms with Gasteiger partial charge in [0.05, 0.1) is 5.54 Å². The van der Waals surface area contributed by atoms with Crippen LogP contribution in [0.2, 0.25) is 0 Å². The molecule has 0 aromatic carbocycles. The van der Waals surface area contributed by atoms with Crippen LogP contribution >= 0.6 is 0 Å². The summed E-state index contributed by atoms with van der Waals surface area (Å²) in [5.41, 5.74) is 2.72. The van der Waals surface area contributed by atoms with E-state index in [2.05, 4.69) is 39.4 Å². The molecule has 0 atom stereocenters. The lowest BCUT2D eigenvalue weighted by Gasteiger charge is -2.49. The third-order valence-corrected chi connectivity index (χ3v) is 5.67. The van der Waals surface area contributed by atoms with Gasteiger partial charge in [-0.3, -0.25) is 14.8 Å². The van der Waals surface area contributed by atoms with Crippen LogP contribution < -0.4 is 0 Å². The second-order valence-corrected chi connectivity index (χ2v) is 6.97. The fourth-order valence-corrected chi connectivity index (χ4v) is 4.19. The second-order valence-electron chi connectivity index (χ2n) is 6.97. The minimum atomic E-state index is 0.123. The first-order chi connectivity index (χ1) is 11.2. The summed E-state index contributed by atoms with van der Waals surface area (Å²) >= 11 is 0. The zero-order valence-corrected chi connectivity index (χ0v) is 14.1. The fourth-order valence-electron chi connectivity index (χ4n) is 4.19. The second kappa shape index (κ2) is 5.73. The van der Waals surface area contributed by atoms with E-state index >= 15 is 0 Å². The molecule has 0 aliphatic carbocycles. The van der Waals surface area contributed by atoms with Crippen molar-refractivity contribution in [2.24, 2.45) is 0 Å². The summed E-state index contributed by atoms with van der Waals surface area (Å²) in [6, 6.07) is 4.19. The van der Waals surface area contributed by atoms with Gasteiger partial charge in [-0.1, -0.05) is 6.07 Å². The van der Waals surface area contributed by atoms with E-state index in [1.807, 2.05) is 24.7 Å². The molecular formula is C18H25N5. The smallest absolute Gasteiger partial charge is 0.129 e. The minimum Gasteiger partial charge on any atom is -0.329 e. The molecule has 2 aromatic rings. The summed E-state index contributed by atoms with van der Waals surface area (Å²) in [6.07, 6.45) is 8.17. The molecule has 5 nitrogen and oxygen atoms in total. The molecule has 1 saturated heterocycles. The highest BCUT2D eigenvalue weighted by atomic mass is 15.3. The molecule has 1 fully saturated rings. The number of likely N-dealkylation sites (N-methyl/N-ethyl adjacent to an activating group) is 1. The molecule has 1 spiro atoms. The number of nitrogens with zero attached hydrogens (tertiary/aromatic N) is 5. The quantitative estimate of drug-likeness (QED) is 0.850. The topological polar surface area (TPSA) is 37.2 Å². The summed E-state index contributed by atoms with van der Waals surface area (Å²) in [5, 5.41) is 0. The maximum absolute atomic E-state index is 4.79. The van der Waals surface area contributed by atoms with Gasteiger partial charge in [0.25, 0.3) is 0 Å². The Morgan fingerprint density at radius 1 is 1.13 bits per heavy atom. The maximum Gasteiger partial charge on any atom is 0.129 e. The monoisotopic (exact) mass is 311 g/mol. The fraction of sp³-hybridized carbons (Fsp3) is 0.556. The Bertz CT molecular complexity index is 670. The van der Waals surface area contributed by atoms with E-state index in [1.165, 1.54) is 17.1 Å². The van der Waals surface area contributed by atoms with Crippen molar-refractivity contribution in [3.63, 3.8) is 0 Å². The molecule has 2 aromatic heterocycles. The number of likely N-dealkylation sites (tertiary alicyclic amines) is 1. The Kier molecular flexibility index (Phi) is 3.70. The van der Waals surface area contributed by atoms with E-state index in [0.29, 0.717) is 0 Å². The van der Waals surface area contributed by atoms with Gasteiger partial charge in [-0.05, 0) is 38.4 Å². The van der Waals surface area contributed by atoms with E-state index in [-0.39, 0.29) is 5.54 Å². The number of aromatic nitrogens is 3. The Balaban J connectivity index is 1.52. The molecule has 0 saturated carbocycles. The standard InChI is InChI=1S/C18H25N5/c1-15-12-20-17-18(21(2)10-11-23(15)17)5-8-22(9-6-18)14-16-4-3-7-19-13-16/h3-4,7,12-13H,5-6,8-11,14H2,1-2H3. The molecule has 0 radical (unpaired) electrons. The number of aryl methyl sites for hydroxylation is 1. The maximum atomic E-state index is 4.79. The molecule has 2 aliphatic heterocycles.